The van der Waals surface area contributed by atoms with Gasteiger partial charge in [-0.25, -0.2) is 4.98 Å². The highest BCUT2D eigenvalue weighted by atomic mass is 16.7. The molecule has 0 saturated carbocycles. The summed E-state index contributed by atoms with van der Waals surface area (Å²) in [5, 5.41) is 0. The number of rotatable bonds is 2. The van der Waals surface area contributed by atoms with E-state index < -0.39 is 7.12 Å². The average Bonchev–Trinajstić information content (AvgIpc) is 2.89. The van der Waals surface area contributed by atoms with Gasteiger partial charge in [-0.15, -0.1) is 0 Å². The quantitative estimate of drug-likeness (QED) is 0.800. The van der Waals surface area contributed by atoms with Crippen LogP contribution in [0.1, 0.15) is 33.3 Å². The van der Waals surface area contributed by atoms with E-state index in [9.17, 15) is 0 Å². The van der Waals surface area contributed by atoms with Crippen LogP contribution in [0, 0.1) is 6.92 Å². The van der Waals surface area contributed by atoms with Gasteiger partial charge in [0, 0.05) is 18.8 Å². The van der Waals surface area contributed by atoms with Crippen molar-refractivity contribution in [3.63, 3.8) is 0 Å². The fourth-order valence-corrected chi connectivity index (χ4v) is 2.54. The lowest BCUT2D eigenvalue weighted by atomic mass is 9.86. The summed E-state index contributed by atoms with van der Waals surface area (Å²) in [7, 11) is 1.58. The van der Waals surface area contributed by atoms with E-state index in [0.29, 0.717) is 0 Å². The molecular formula is C17H23BN2O2. The summed E-state index contributed by atoms with van der Waals surface area (Å²) >= 11 is 0. The van der Waals surface area contributed by atoms with E-state index in [1.165, 1.54) is 5.56 Å². The van der Waals surface area contributed by atoms with E-state index >= 15 is 0 Å². The van der Waals surface area contributed by atoms with Gasteiger partial charge in [0.25, 0.3) is 0 Å². The number of benzene rings is 1. The molecule has 1 saturated heterocycles. The number of imidazole rings is 1. The Morgan fingerprint density at radius 1 is 1.00 bits per heavy atom. The molecule has 4 nitrogen and oxygen atoms in total. The first-order chi connectivity index (χ1) is 10.2. The van der Waals surface area contributed by atoms with Crippen LogP contribution in [0.2, 0.25) is 0 Å². The summed E-state index contributed by atoms with van der Waals surface area (Å²) < 4.78 is 14.2. The van der Waals surface area contributed by atoms with Gasteiger partial charge in [-0.1, -0.05) is 29.8 Å². The third kappa shape index (κ3) is 2.48. The minimum atomic E-state index is -0.421. The van der Waals surface area contributed by atoms with E-state index in [1.54, 1.807) is 0 Å². The van der Waals surface area contributed by atoms with Crippen molar-refractivity contribution in [2.45, 2.75) is 45.8 Å². The number of aromatic nitrogens is 2. The molecule has 22 heavy (non-hydrogen) atoms. The van der Waals surface area contributed by atoms with Gasteiger partial charge in [-0.2, -0.15) is 0 Å². The maximum absolute atomic E-state index is 6.08. The van der Waals surface area contributed by atoms with E-state index in [2.05, 4.69) is 58.9 Å². The van der Waals surface area contributed by atoms with Crippen LogP contribution in [0.4, 0.5) is 0 Å². The normalized spacial score (nSPS) is 19.6. The summed E-state index contributed by atoms with van der Waals surface area (Å²) in [5.41, 5.74) is 2.45. The highest BCUT2D eigenvalue weighted by molar-refractivity contribution is 6.61. The molecule has 0 spiro atoms. The average molecular weight is 298 g/mol. The predicted molar refractivity (Wildman–Crippen MR) is 89.1 cm³/mol. The summed E-state index contributed by atoms with van der Waals surface area (Å²) in [6.45, 7) is 10.3. The van der Waals surface area contributed by atoms with Crippen molar-refractivity contribution in [3.8, 4) is 11.4 Å². The highest BCUT2D eigenvalue weighted by Gasteiger charge is 2.52. The molecule has 2 aromatic rings. The summed E-state index contributed by atoms with van der Waals surface area (Å²) in [6, 6.07) is 8.37. The molecule has 1 aromatic heterocycles. The highest BCUT2D eigenvalue weighted by Crippen LogP contribution is 2.36. The van der Waals surface area contributed by atoms with Crippen LogP contribution in [-0.4, -0.2) is 27.9 Å². The first kappa shape index (κ1) is 15.3. The molecule has 0 aliphatic carbocycles. The number of aryl methyl sites for hydroxylation is 2. The van der Waals surface area contributed by atoms with Gasteiger partial charge < -0.3 is 13.9 Å². The van der Waals surface area contributed by atoms with Gasteiger partial charge in [0.2, 0.25) is 0 Å². The van der Waals surface area contributed by atoms with Gasteiger partial charge in [0.15, 0.2) is 0 Å². The van der Waals surface area contributed by atoms with E-state index in [0.717, 1.165) is 17.0 Å². The third-order valence-corrected chi connectivity index (χ3v) is 4.70. The molecule has 0 N–H and O–H groups in total. The molecule has 1 aliphatic rings. The summed E-state index contributed by atoms with van der Waals surface area (Å²) in [4.78, 5) is 4.74. The lowest BCUT2D eigenvalue weighted by Crippen LogP contribution is -2.41. The molecule has 1 aromatic carbocycles. The molecule has 1 fully saturated rings. The zero-order chi connectivity index (χ0) is 16.1. The van der Waals surface area contributed by atoms with Crippen molar-refractivity contribution in [3.05, 3.63) is 36.0 Å². The Hall–Kier alpha value is -1.59. The molecule has 0 bridgehead atoms. The molecule has 0 radical (unpaired) electrons. The van der Waals surface area contributed by atoms with Crippen molar-refractivity contribution in [2.24, 2.45) is 7.05 Å². The largest absolute Gasteiger partial charge is 0.516 e. The minimum absolute atomic E-state index is 0.348. The zero-order valence-electron chi connectivity index (χ0n) is 14.2. The number of nitrogens with zero attached hydrogens (tertiary/aromatic N) is 2. The monoisotopic (exact) mass is 298 g/mol. The molecule has 5 heteroatoms. The van der Waals surface area contributed by atoms with Crippen LogP contribution < -0.4 is 5.59 Å². The molecule has 0 amide bonds. The van der Waals surface area contributed by atoms with Gasteiger partial charge in [0.05, 0.1) is 16.8 Å². The van der Waals surface area contributed by atoms with Crippen molar-refractivity contribution >= 4 is 12.7 Å². The molecule has 0 unspecified atom stereocenters. The summed E-state index contributed by atoms with van der Waals surface area (Å²) in [5.74, 6) is 0.921. The molecule has 3 rings (SSSR count). The standard InChI is InChI=1S/C17H23BN2O2/c1-12-7-9-13(10-8-12)15-19-14(11-20(15)6)18-21-16(2,3)17(4,5)22-18/h7-11H,1-6H3. The minimum Gasteiger partial charge on any atom is -0.398 e. The molecular weight excluding hydrogens is 275 g/mol. The van der Waals surface area contributed by atoms with Crippen LogP contribution in [-0.2, 0) is 16.4 Å². The SMILES string of the molecule is Cc1ccc(-c2nc(B3OC(C)(C)C(C)(C)O3)cn2C)cc1. The Bertz CT molecular complexity index is 673. The van der Waals surface area contributed by atoms with E-state index in [-0.39, 0.29) is 11.2 Å². The topological polar surface area (TPSA) is 36.3 Å². The predicted octanol–water partition coefficient (Wildman–Crippen LogP) is 2.69. The van der Waals surface area contributed by atoms with E-state index in [1.807, 2.05) is 17.8 Å². The van der Waals surface area contributed by atoms with Crippen molar-refractivity contribution in [1.29, 1.82) is 0 Å². The smallest absolute Gasteiger partial charge is 0.398 e. The van der Waals surface area contributed by atoms with Gasteiger partial charge in [-0.3, -0.25) is 0 Å². The van der Waals surface area contributed by atoms with Crippen molar-refractivity contribution in [2.75, 3.05) is 0 Å². The van der Waals surface area contributed by atoms with Crippen LogP contribution in [0.15, 0.2) is 30.5 Å². The fourth-order valence-electron chi connectivity index (χ4n) is 2.54. The maximum atomic E-state index is 6.08. The Kier molecular flexibility index (Phi) is 3.46. The lowest BCUT2D eigenvalue weighted by Gasteiger charge is -2.32. The Labute approximate surface area is 132 Å². The first-order valence-corrected chi connectivity index (χ1v) is 7.65. The van der Waals surface area contributed by atoms with E-state index in [4.69, 9.17) is 14.3 Å². The first-order valence-electron chi connectivity index (χ1n) is 7.65. The fraction of sp³-hybridized carbons (Fsp3) is 0.471. The van der Waals surface area contributed by atoms with Crippen LogP contribution in [0.3, 0.4) is 0 Å². The molecule has 1 aliphatic heterocycles. The second-order valence-electron chi connectivity index (χ2n) is 7.05. The molecule has 0 atom stereocenters. The van der Waals surface area contributed by atoms with Gasteiger partial charge in [-0.05, 0) is 34.6 Å². The maximum Gasteiger partial charge on any atom is 0.516 e. The van der Waals surface area contributed by atoms with Gasteiger partial charge >= 0.3 is 7.12 Å². The van der Waals surface area contributed by atoms with Crippen LogP contribution in [0.5, 0.6) is 0 Å². The molecule has 116 valence electrons. The second-order valence-corrected chi connectivity index (χ2v) is 7.05. The number of hydrogen-bond donors (Lipinski definition) is 0. The Morgan fingerprint density at radius 2 is 1.55 bits per heavy atom. The third-order valence-electron chi connectivity index (χ3n) is 4.70. The Morgan fingerprint density at radius 3 is 2.09 bits per heavy atom. The Balaban J connectivity index is 1.92. The van der Waals surface area contributed by atoms with Crippen LogP contribution in [0.25, 0.3) is 11.4 Å². The zero-order valence-corrected chi connectivity index (χ0v) is 14.2. The second kappa shape index (κ2) is 4.96. The van der Waals surface area contributed by atoms with Crippen LogP contribution >= 0.6 is 0 Å². The number of hydrogen-bond acceptors (Lipinski definition) is 3. The summed E-state index contributed by atoms with van der Waals surface area (Å²) in [6.07, 6.45) is 1.98. The molecule has 2 heterocycles. The van der Waals surface area contributed by atoms with Crippen molar-refractivity contribution < 1.29 is 9.31 Å². The van der Waals surface area contributed by atoms with Gasteiger partial charge in [0.1, 0.15) is 5.82 Å². The lowest BCUT2D eigenvalue weighted by molar-refractivity contribution is 0.00578. The van der Waals surface area contributed by atoms with Crippen molar-refractivity contribution in [1.82, 2.24) is 9.55 Å².